The Balaban J connectivity index is 0.000000782. The third kappa shape index (κ3) is 11.2. The predicted octanol–water partition coefficient (Wildman–Crippen LogP) is 15.9. The summed E-state index contributed by atoms with van der Waals surface area (Å²) in [6, 6.07) is 6.93. The highest BCUT2D eigenvalue weighted by molar-refractivity contribution is 8.26. The van der Waals surface area contributed by atoms with E-state index >= 15 is 0 Å². The van der Waals surface area contributed by atoms with Gasteiger partial charge in [-0.25, -0.2) is 0 Å². The number of nitrogens with one attached hydrogen (secondary N) is 1. The van der Waals surface area contributed by atoms with Crippen molar-refractivity contribution >= 4 is 26.8 Å². The Labute approximate surface area is 334 Å². The molecule has 0 radical (unpaired) electrons. The van der Waals surface area contributed by atoms with Crippen molar-refractivity contribution in [3.63, 3.8) is 0 Å². The van der Waals surface area contributed by atoms with Crippen LogP contribution in [0.1, 0.15) is 212 Å². The highest BCUT2D eigenvalue weighted by atomic mass is 32.2. The molecule has 4 aliphatic carbocycles. The molecule has 0 amide bonds. The zero-order chi connectivity index (χ0) is 40.9. The molecule has 4 fully saturated rings. The van der Waals surface area contributed by atoms with Crippen LogP contribution in [0.4, 0.5) is 0 Å². The average molecular weight is 753 g/mol. The Bertz CT molecular complexity index is 1410. The number of hydrogen-bond acceptors (Lipinski definition) is 2. The number of nitrogens with zero attached hydrogens (tertiary/aromatic N) is 1. The molecule has 8 unspecified atom stereocenters. The van der Waals surface area contributed by atoms with Crippen LogP contribution in [0.2, 0.25) is 0 Å². The fraction of sp³-hybridized carbons (Fsp3) is 0.820. The summed E-state index contributed by atoms with van der Waals surface area (Å²) in [5, 5.41) is 5.12. The van der Waals surface area contributed by atoms with Gasteiger partial charge in [0.25, 0.3) is 0 Å². The van der Waals surface area contributed by atoms with Crippen molar-refractivity contribution in [2.24, 2.45) is 68.2 Å². The molecule has 2 nitrogen and oxygen atoms in total. The van der Waals surface area contributed by atoms with E-state index in [0.29, 0.717) is 39.4 Å². The molecule has 0 saturated heterocycles. The first-order chi connectivity index (χ1) is 24.3. The minimum absolute atomic E-state index is 0.437. The van der Waals surface area contributed by atoms with Crippen LogP contribution in [0.5, 0.6) is 0 Å². The van der Waals surface area contributed by atoms with Crippen LogP contribution in [0.25, 0.3) is 0 Å². The van der Waals surface area contributed by atoms with Crippen molar-refractivity contribution in [2.45, 2.75) is 206 Å². The number of benzene rings is 1. The number of rotatable bonds is 7. The van der Waals surface area contributed by atoms with Crippen LogP contribution in [-0.4, -0.2) is 17.5 Å². The van der Waals surface area contributed by atoms with Gasteiger partial charge in [0.15, 0.2) is 0 Å². The summed E-state index contributed by atoms with van der Waals surface area (Å²) < 4.78 is 0. The lowest BCUT2D eigenvalue weighted by Crippen LogP contribution is -2.60. The van der Waals surface area contributed by atoms with E-state index in [1.54, 1.807) is 0 Å². The van der Waals surface area contributed by atoms with Gasteiger partial charge >= 0.3 is 0 Å². The highest BCUT2D eigenvalue weighted by Gasteiger charge is 2.64. The van der Waals surface area contributed by atoms with Crippen molar-refractivity contribution in [1.29, 1.82) is 0 Å². The normalized spacial score (nSPS) is 32.2. The van der Waals surface area contributed by atoms with Crippen LogP contribution >= 0.6 is 9.39 Å². The molecule has 0 aliphatic heterocycles. The zero-order valence-corrected chi connectivity index (χ0v) is 39.9. The lowest BCUT2D eigenvalue weighted by atomic mass is 9.37. The monoisotopic (exact) mass is 753 g/mol. The van der Waals surface area contributed by atoms with Crippen molar-refractivity contribution in [3.05, 3.63) is 29.3 Å². The second-order valence-electron chi connectivity index (χ2n) is 21.7. The third-order valence-electron chi connectivity index (χ3n) is 14.0. The van der Waals surface area contributed by atoms with Crippen LogP contribution in [-0.2, 0) is 0 Å². The summed E-state index contributed by atoms with van der Waals surface area (Å²) >= 11 is 0. The molecule has 4 aliphatic rings. The largest absolute Gasteiger partial charge is 0.261 e. The molecule has 1 N–H and O–H groups in total. The van der Waals surface area contributed by atoms with Crippen molar-refractivity contribution in [1.82, 2.24) is 4.83 Å². The lowest BCUT2D eigenvalue weighted by Gasteiger charge is -2.67. The van der Waals surface area contributed by atoms with Crippen molar-refractivity contribution in [2.75, 3.05) is 0 Å². The molecule has 4 saturated carbocycles. The standard InChI is InChI=1S/C39H64N2S.C5H12.C4H10.C2H6/c1-13-29-20-22-39(10)35(37(29,7)8)21-23-38(9)33-17-15-30(31(33)16-19-36(38)39)27(6)40-41-42(11,12)34-18-14-28(25(2)3)24-32(34)26(4)5;1-5(2,3)4;1-4(2)3;1-2/h14,18,24-26,29-31,33,35-36,41H,11-13,15-17,19-23H2,1-10H3;1-4H3;4H,1-3H3;1-2H3/b40-27+;;;. The molecule has 3 heteroatoms. The molecule has 0 spiro atoms. The molecule has 1 aromatic rings. The topological polar surface area (TPSA) is 24.4 Å². The number of fused-ring (bicyclic) bond motifs is 5. The second-order valence-corrected chi connectivity index (χ2v) is 24.1. The van der Waals surface area contributed by atoms with Gasteiger partial charge < -0.3 is 0 Å². The summed E-state index contributed by atoms with van der Waals surface area (Å²) in [5.74, 6) is 16.0. The Morgan fingerprint density at radius 3 is 1.87 bits per heavy atom. The first-order valence-electron chi connectivity index (χ1n) is 22.2. The van der Waals surface area contributed by atoms with Gasteiger partial charge in [0.2, 0.25) is 0 Å². The van der Waals surface area contributed by atoms with E-state index in [0.717, 1.165) is 35.5 Å². The minimum atomic E-state index is -1.74. The van der Waals surface area contributed by atoms with Gasteiger partial charge in [-0.1, -0.05) is 164 Å². The molecule has 0 bridgehead atoms. The molecule has 1 aromatic carbocycles. The van der Waals surface area contributed by atoms with Gasteiger partial charge in [0, 0.05) is 16.5 Å². The third-order valence-corrected chi connectivity index (χ3v) is 15.6. The predicted molar refractivity (Wildman–Crippen MR) is 246 cm³/mol. The molecule has 308 valence electrons. The van der Waals surface area contributed by atoms with Crippen LogP contribution < -0.4 is 4.83 Å². The summed E-state index contributed by atoms with van der Waals surface area (Å²) in [6.07, 6.45) is 12.6. The maximum Gasteiger partial charge on any atom is 0.0391 e. The maximum atomic E-state index is 5.12. The molecular formula is C50H92N2S. The molecule has 0 heterocycles. The van der Waals surface area contributed by atoms with Crippen molar-refractivity contribution < 1.29 is 0 Å². The summed E-state index contributed by atoms with van der Waals surface area (Å²) in [5.41, 5.74) is 6.04. The van der Waals surface area contributed by atoms with E-state index in [-0.39, 0.29) is 0 Å². The molecule has 0 aromatic heterocycles. The Morgan fingerprint density at radius 2 is 1.36 bits per heavy atom. The van der Waals surface area contributed by atoms with E-state index in [9.17, 15) is 0 Å². The second kappa shape index (κ2) is 18.8. The molecular weight excluding hydrogens is 661 g/mol. The average Bonchev–Trinajstić information content (AvgIpc) is 3.49. The number of hydrazone groups is 1. The van der Waals surface area contributed by atoms with E-state index in [1.807, 2.05) is 13.8 Å². The number of hydrogen-bond donors (Lipinski definition) is 1. The molecule has 5 rings (SSSR count). The Kier molecular flexibility index (Phi) is 17.0. The van der Waals surface area contributed by atoms with Gasteiger partial charge in [-0.2, -0.15) is 5.10 Å². The SMILES string of the molecule is C=S(=C)(N/N=C(\C)C1CCC2C1CCC1C2(C)CCC2C(C)(C)C(CC)CCC21C)c1ccc(C(C)C)cc1C(C)C.CC.CC(C)(C)C.CC(C)C. The summed E-state index contributed by atoms with van der Waals surface area (Å²) in [4.78, 5) is 4.82. The minimum Gasteiger partial charge on any atom is -0.261 e. The smallest absolute Gasteiger partial charge is 0.0391 e. The van der Waals surface area contributed by atoms with Gasteiger partial charge in [-0.05, 0) is 144 Å². The van der Waals surface area contributed by atoms with Crippen LogP contribution in [0.15, 0.2) is 28.2 Å². The maximum absolute atomic E-state index is 5.12. The van der Waals surface area contributed by atoms with Gasteiger partial charge in [0.1, 0.15) is 0 Å². The summed E-state index contributed by atoms with van der Waals surface area (Å²) in [6.45, 7) is 43.8. The quantitative estimate of drug-likeness (QED) is 0.167. The highest BCUT2D eigenvalue weighted by Crippen LogP contribution is 2.72. The van der Waals surface area contributed by atoms with E-state index in [4.69, 9.17) is 5.10 Å². The lowest BCUT2D eigenvalue weighted by molar-refractivity contribution is -0.185. The summed E-state index contributed by atoms with van der Waals surface area (Å²) in [7, 11) is -1.74. The Hall–Kier alpha value is -1.22. The Morgan fingerprint density at radius 1 is 0.811 bits per heavy atom. The van der Waals surface area contributed by atoms with Crippen molar-refractivity contribution in [3.8, 4) is 0 Å². The van der Waals surface area contributed by atoms with E-state index in [2.05, 4.69) is 152 Å². The van der Waals surface area contributed by atoms with Crippen LogP contribution in [0.3, 0.4) is 0 Å². The first-order valence-corrected chi connectivity index (χ1v) is 24.2. The van der Waals surface area contributed by atoms with Gasteiger partial charge in [0.05, 0.1) is 0 Å². The molecule has 8 atom stereocenters. The van der Waals surface area contributed by atoms with Gasteiger partial charge in [-0.15, -0.1) is 0 Å². The molecule has 53 heavy (non-hydrogen) atoms. The first kappa shape index (κ1) is 47.9. The van der Waals surface area contributed by atoms with E-state index < -0.39 is 9.39 Å². The van der Waals surface area contributed by atoms with E-state index in [1.165, 1.54) is 79.5 Å². The van der Waals surface area contributed by atoms with Crippen LogP contribution in [0, 0.1) is 63.1 Å². The fourth-order valence-corrected chi connectivity index (χ4v) is 13.2. The van der Waals surface area contributed by atoms with Gasteiger partial charge in [-0.3, -0.25) is 4.83 Å². The fourth-order valence-electron chi connectivity index (χ4n) is 11.7. The zero-order valence-electron chi connectivity index (χ0n) is 39.1.